The van der Waals surface area contributed by atoms with Crippen molar-refractivity contribution in [2.24, 2.45) is 12.8 Å². The summed E-state index contributed by atoms with van der Waals surface area (Å²) >= 11 is 2.83. The zero-order valence-electron chi connectivity index (χ0n) is 9.60. The molecule has 0 bridgehead atoms. The minimum Gasteiger partial charge on any atom is -0.324 e. The van der Waals surface area contributed by atoms with E-state index in [1.165, 1.54) is 5.39 Å². The molecule has 0 saturated heterocycles. The first-order valence-electron chi connectivity index (χ1n) is 4.95. The molecule has 2 aromatic rings. The Balaban J connectivity index is 0.000000606. The monoisotopic (exact) mass is 237 g/mol. The summed E-state index contributed by atoms with van der Waals surface area (Å²) in [4.78, 5) is 0. The molecule has 5 heteroatoms. The number of nitrogens with two attached hydrogens (primary N) is 1. The van der Waals surface area contributed by atoms with Crippen LogP contribution in [0.4, 0.5) is 0 Å². The van der Waals surface area contributed by atoms with E-state index in [0.29, 0.717) is 0 Å². The van der Waals surface area contributed by atoms with Gasteiger partial charge in [0.05, 0.1) is 11.2 Å². The predicted octanol–water partition coefficient (Wildman–Crippen LogP) is 1.57. The fraction of sp³-hybridized carbons (Fsp3) is 0.364. The summed E-state index contributed by atoms with van der Waals surface area (Å²) in [6.45, 7) is 4.01. The van der Waals surface area contributed by atoms with Gasteiger partial charge in [-0.05, 0) is 31.5 Å². The fourth-order valence-electron chi connectivity index (χ4n) is 1.74. The maximum absolute atomic E-state index is 7.83. The highest BCUT2D eigenvalue weighted by atomic mass is 32.1. The van der Waals surface area contributed by atoms with Crippen LogP contribution in [0.2, 0.25) is 0 Å². The standard InChI is InChI=1S/C11H15N3.OS/c1-7(12)9-4-5-11-10(6-9)8(2)13-14(11)3;1-2/h4-7H,12H2,1-3H3;. The second-order valence-corrected chi connectivity index (χ2v) is 3.77. The van der Waals surface area contributed by atoms with Crippen molar-refractivity contribution < 1.29 is 4.21 Å². The lowest BCUT2D eigenvalue weighted by Crippen LogP contribution is -2.04. The van der Waals surface area contributed by atoms with E-state index in [2.05, 4.69) is 35.8 Å². The lowest BCUT2D eigenvalue weighted by atomic mass is 10.1. The molecule has 0 aliphatic rings. The second kappa shape index (κ2) is 5.14. The zero-order valence-corrected chi connectivity index (χ0v) is 10.4. The third kappa shape index (κ3) is 2.25. The van der Waals surface area contributed by atoms with Gasteiger partial charge in [0.1, 0.15) is 0 Å². The van der Waals surface area contributed by atoms with Gasteiger partial charge in [0.2, 0.25) is 0 Å². The van der Waals surface area contributed by atoms with Gasteiger partial charge in [0.15, 0.2) is 12.5 Å². The van der Waals surface area contributed by atoms with Crippen molar-refractivity contribution in [1.82, 2.24) is 9.78 Å². The number of benzene rings is 1. The largest absolute Gasteiger partial charge is 0.324 e. The Morgan fingerprint density at radius 3 is 2.62 bits per heavy atom. The van der Waals surface area contributed by atoms with Crippen LogP contribution in [0.25, 0.3) is 10.9 Å². The fourth-order valence-corrected chi connectivity index (χ4v) is 1.74. The van der Waals surface area contributed by atoms with Crippen LogP contribution in [-0.2, 0) is 19.6 Å². The number of hydrogen-bond donors (Lipinski definition) is 1. The zero-order chi connectivity index (χ0) is 12.3. The number of fused-ring (bicyclic) bond motifs is 1. The van der Waals surface area contributed by atoms with Crippen LogP contribution in [0, 0.1) is 6.92 Å². The second-order valence-electron chi connectivity index (χ2n) is 3.77. The Morgan fingerprint density at radius 1 is 1.44 bits per heavy atom. The first-order valence-corrected chi connectivity index (χ1v) is 5.28. The van der Waals surface area contributed by atoms with E-state index in [1.807, 2.05) is 25.6 Å². The Morgan fingerprint density at radius 2 is 2.06 bits per heavy atom. The molecule has 0 amide bonds. The van der Waals surface area contributed by atoms with Crippen LogP contribution >= 0.6 is 0 Å². The van der Waals surface area contributed by atoms with Gasteiger partial charge in [-0.15, -0.1) is 0 Å². The van der Waals surface area contributed by atoms with E-state index in [9.17, 15) is 0 Å². The quantitative estimate of drug-likeness (QED) is 0.817. The molecule has 1 atom stereocenters. The van der Waals surface area contributed by atoms with Gasteiger partial charge < -0.3 is 5.73 Å². The topological polar surface area (TPSA) is 60.9 Å². The Bertz CT molecular complexity index is 493. The summed E-state index contributed by atoms with van der Waals surface area (Å²) in [6.07, 6.45) is 0. The lowest BCUT2D eigenvalue weighted by Gasteiger charge is -2.05. The summed E-state index contributed by atoms with van der Waals surface area (Å²) in [7, 11) is 1.96. The molecule has 1 aromatic carbocycles. The number of nitrogens with zero attached hydrogens (tertiary/aromatic N) is 2. The number of aromatic nitrogens is 2. The lowest BCUT2D eigenvalue weighted by molar-refractivity contribution is 0.702. The predicted molar refractivity (Wildman–Crippen MR) is 66.2 cm³/mol. The van der Waals surface area contributed by atoms with Crippen molar-refractivity contribution in [1.29, 1.82) is 0 Å². The molecule has 0 fully saturated rings. The maximum Gasteiger partial charge on any atom is 0.197 e. The summed E-state index contributed by atoms with van der Waals surface area (Å²) < 4.78 is 9.73. The number of aryl methyl sites for hydroxylation is 2. The van der Waals surface area contributed by atoms with Crippen LogP contribution in [-0.4, -0.2) is 14.0 Å². The van der Waals surface area contributed by atoms with Gasteiger partial charge >= 0.3 is 0 Å². The van der Waals surface area contributed by atoms with E-state index in [-0.39, 0.29) is 6.04 Å². The molecule has 0 radical (unpaired) electrons. The molecule has 1 heterocycles. The summed E-state index contributed by atoms with van der Waals surface area (Å²) in [5.41, 5.74) is 9.21. The number of hydrogen-bond acceptors (Lipinski definition) is 4. The molecule has 0 saturated carbocycles. The SMILES string of the molecule is Cc1nn(C)c2ccc(C(C)N)cc12.O=S. The van der Waals surface area contributed by atoms with Crippen molar-refractivity contribution in [3.8, 4) is 0 Å². The summed E-state index contributed by atoms with van der Waals surface area (Å²) in [5.74, 6) is 0. The van der Waals surface area contributed by atoms with Crippen molar-refractivity contribution in [3.63, 3.8) is 0 Å². The molecule has 4 nitrogen and oxygen atoms in total. The van der Waals surface area contributed by atoms with E-state index in [1.54, 1.807) is 0 Å². The van der Waals surface area contributed by atoms with Crippen LogP contribution in [0.3, 0.4) is 0 Å². The Kier molecular flexibility index (Phi) is 4.09. The molecular formula is C11H15N3OS. The number of rotatable bonds is 1. The highest BCUT2D eigenvalue weighted by molar-refractivity contribution is 7.44. The van der Waals surface area contributed by atoms with Gasteiger partial charge in [-0.25, -0.2) is 0 Å². The Labute approximate surface area is 100.0 Å². The van der Waals surface area contributed by atoms with E-state index < -0.39 is 0 Å². The van der Waals surface area contributed by atoms with Crippen molar-refractivity contribution in [2.45, 2.75) is 19.9 Å². The molecule has 2 rings (SSSR count). The molecular weight excluding hydrogens is 222 g/mol. The van der Waals surface area contributed by atoms with E-state index in [0.717, 1.165) is 16.8 Å². The minimum absolute atomic E-state index is 0.0824. The van der Waals surface area contributed by atoms with Crippen LogP contribution in [0.5, 0.6) is 0 Å². The average Bonchev–Trinajstić information content (AvgIpc) is 2.57. The molecule has 0 aliphatic heterocycles. The molecule has 0 aliphatic carbocycles. The summed E-state index contributed by atoms with van der Waals surface area (Å²) in [5, 5.41) is 5.56. The molecule has 0 spiro atoms. The average molecular weight is 237 g/mol. The highest BCUT2D eigenvalue weighted by Crippen LogP contribution is 2.21. The van der Waals surface area contributed by atoms with Crippen LogP contribution < -0.4 is 5.73 Å². The first-order chi connectivity index (χ1) is 7.59. The van der Waals surface area contributed by atoms with Gasteiger partial charge in [-0.3, -0.25) is 4.68 Å². The van der Waals surface area contributed by atoms with Crippen LogP contribution in [0.1, 0.15) is 24.2 Å². The van der Waals surface area contributed by atoms with Gasteiger partial charge in [-0.2, -0.15) is 9.31 Å². The molecule has 86 valence electrons. The van der Waals surface area contributed by atoms with Gasteiger partial charge in [0.25, 0.3) is 0 Å². The van der Waals surface area contributed by atoms with Crippen molar-refractivity contribution >= 4 is 23.4 Å². The minimum atomic E-state index is 0.0824. The van der Waals surface area contributed by atoms with Gasteiger partial charge in [-0.1, -0.05) is 6.07 Å². The van der Waals surface area contributed by atoms with Crippen molar-refractivity contribution in [3.05, 3.63) is 29.5 Å². The van der Waals surface area contributed by atoms with E-state index >= 15 is 0 Å². The Hall–Kier alpha value is -1.33. The molecule has 1 aromatic heterocycles. The molecule has 1 unspecified atom stereocenters. The van der Waals surface area contributed by atoms with Crippen LogP contribution in [0.15, 0.2) is 18.2 Å². The summed E-state index contributed by atoms with van der Waals surface area (Å²) in [6, 6.07) is 6.35. The smallest absolute Gasteiger partial charge is 0.197 e. The van der Waals surface area contributed by atoms with Crippen molar-refractivity contribution in [2.75, 3.05) is 0 Å². The maximum atomic E-state index is 7.83. The normalized spacial score (nSPS) is 12.0. The first kappa shape index (κ1) is 12.7. The third-order valence-corrected chi connectivity index (χ3v) is 2.58. The molecule has 2 N–H and O–H groups in total. The van der Waals surface area contributed by atoms with E-state index in [4.69, 9.17) is 9.94 Å². The third-order valence-electron chi connectivity index (χ3n) is 2.58. The molecule has 16 heavy (non-hydrogen) atoms. The highest BCUT2D eigenvalue weighted by Gasteiger charge is 2.06. The van der Waals surface area contributed by atoms with Gasteiger partial charge in [0, 0.05) is 18.5 Å².